The average molecular weight is 251 g/mol. The highest BCUT2D eigenvalue weighted by Gasteiger charge is 2.25. The van der Waals surface area contributed by atoms with Crippen molar-refractivity contribution >= 4 is 5.97 Å². The summed E-state index contributed by atoms with van der Waals surface area (Å²) in [4.78, 5) is 16.0. The Hall–Kier alpha value is -1.36. The summed E-state index contributed by atoms with van der Waals surface area (Å²) in [6.45, 7) is 3.34. The summed E-state index contributed by atoms with van der Waals surface area (Å²) in [5, 5.41) is 0. The molecule has 2 atom stereocenters. The number of ether oxygens (including phenoxy) is 1. The van der Waals surface area contributed by atoms with E-state index in [1.54, 1.807) is 17.1 Å². The maximum Gasteiger partial charge on any atom is 0.358 e. The van der Waals surface area contributed by atoms with Gasteiger partial charge in [0, 0.05) is 19.3 Å². The number of esters is 1. The van der Waals surface area contributed by atoms with E-state index in [2.05, 4.69) is 11.9 Å². The molecule has 2 rings (SSSR count). The van der Waals surface area contributed by atoms with Crippen LogP contribution in [0.15, 0.2) is 12.5 Å². The second kappa shape index (κ2) is 6.00. The van der Waals surface area contributed by atoms with Crippen molar-refractivity contribution < 1.29 is 9.53 Å². The van der Waals surface area contributed by atoms with Crippen molar-refractivity contribution in [3.05, 3.63) is 18.2 Å². The van der Waals surface area contributed by atoms with Crippen molar-refractivity contribution in [2.45, 2.75) is 45.3 Å². The Morgan fingerprint density at radius 2 is 2.33 bits per heavy atom. The molecule has 1 aromatic heterocycles. The smallest absolute Gasteiger partial charge is 0.358 e. The van der Waals surface area contributed by atoms with Gasteiger partial charge in [0.25, 0.3) is 0 Å². The predicted molar refractivity (Wildman–Crippen MR) is 68.1 cm³/mol. The fraction of sp³-hybridized carbons (Fsp3) is 0.692. The molecule has 1 heterocycles. The molecule has 0 saturated heterocycles. The molecule has 1 aliphatic rings. The van der Waals surface area contributed by atoms with Crippen molar-refractivity contribution in [3.8, 4) is 0 Å². The van der Waals surface area contributed by atoms with Crippen molar-refractivity contribution in [1.82, 2.24) is 9.55 Å². The van der Waals surface area contributed by atoms with E-state index in [1.165, 1.54) is 6.42 Å². The highest BCUT2D eigenvalue weighted by Crippen LogP contribution is 2.26. The van der Waals surface area contributed by atoms with Crippen LogP contribution in [0.25, 0.3) is 0 Å². The monoisotopic (exact) mass is 251 g/mol. The SMILES string of the molecule is CC1CCCCC1OC(=O)c1cn(CCN)cn1. The molecule has 0 aliphatic heterocycles. The summed E-state index contributed by atoms with van der Waals surface area (Å²) < 4.78 is 7.34. The topological polar surface area (TPSA) is 70.1 Å². The van der Waals surface area contributed by atoms with Crippen LogP contribution in [-0.4, -0.2) is 28.2 Å². The third kappa shape index (κ3) is 3.10. The molecule has 5 nitrogen and oxygen atoms in total. The molecule has 0 aromatic carbocycles. The Morgan fingerprint density at radius 3 is 3.06 bits per heavy atom. The van der Waals surface area contributed by atoms with Crippen LogP contribution in [0, 0.1) is 5.92 Å². The molecular weight excluding hydrogens is 230 g/mol. The summed E-state index contributed by atoms with van der Waals surface area (Å²) in [5.41, 5.74) is 5.82. The van der Waals surface area contributed by atoms with Gasteiger partial charge in [0.1, 0.15) is 6.10 Å². The first kappa shape index (κ1) is 13.1. The Bertz CT molecular complexity index is 403. The zero-order valence-corrected chi connectivity index (χ0v) is 10.8. The Kier molecular flexibility index (Phi) is 4.36. The molecule has 1 saturated carbocycles. The van der Waals surface area contributed by atoms with E-state index < -0.39 is 0 Å². The molecule has 5 heteroatoms. The minimum Gasteiger partial charge on any atom is -0.457 e. The van der Waals surface area contributed by atoms with E-state index in [0.717, 1.165) is 19.3 Å². The molecule has 1 aliphatic carbocycles. The number of nitrogens with zero attached hydrogens (tertiary/aromatic N) is 2. The van der Waals surface area contributed by atoms with Gasteiger partial charge in [-0.3, -0.25) is 0 Å². The van der Waals surface area contributed by atoms with Gasteiger partial charge in [-0.1, -0.05) is 13.3 Å². The summed E-state index contributed by atoms with van der Waals surface area (Å²) >= 11 is 0. The average Bonchev–Trinajstić information content (AvgIpc) is 2.81. The molecule has 0 radical (unpaired) electrons. The van der Waals surface area contributed by atoms with E-state index in [-0.39, 0.29) is 12.1 Å². The summed E-state index contributed by atoms with van der Waals surface area (Å²) in [6, 6.07) is 0. The molecule has 2 N–H and O–H groups in total. The first-order valence-corrected chi connectivity index (χ1v) is 6.63. The number of hydrogen-bond acceptors (Lipinski definition) is 4. The standard InChI is InChI=1S/C13H21N3O2/c1-10-4-2-3-5-12(10)18-13(17)11-8-16(7-6-14)9-15-11/h8-10,12H,2-7,14H2,1H3. The van der Waals surface area contributed by atoms with Crippen LogP contribution in [0.3, 0.4) is 0 Å². The van der Waals surface area contributed by atoms with Crippen LogP contribution in [0.5, 0.6) is 0 Å². The zero-order chi connectivity index (χ0) is 13.0. The van der Waals surface area contributed by atoms with Gasteiger partial charge in [-0.2, -0.15) is 0 Å². The lowest BCUT2D eigenvalue weighted by molar-refractivity contribution is 0.00424. The number of rotatable bonds is 4. The van der Waals surface area contributed by atoms with Gasteiger partial charge in [-0.25, -0.2) is 9.78 Å². The number of nitrogens with two attached hydrogens (primary N) is 1. The number of imidazole rings is 1. The van der Waals surface area contributed by atoms with Crippen molar-refractivity contribution in [3.63, 3.8) is 0 Å². The van der Waals surface area contributed by atoms with Crippen LogP contribution in [0.4, 0.5) is 0 Å². The molecule has 2 unspecified atom stereocenters. The van der Waals surface area contributed by atoms with Gasteiger partial charge in [-0.05, 0) is 25.2 Å². The number of aromatic nitrogens is 2. The van der Waals surface area contributed by atoms with Crippen LogP contribution in [0.1, 0.15) is 43.1 Å². The summed E-state index contributed by atoms with van der Waals surface area (Å²) in [5.74, 6) is 0.137. The van der Waals surface area contributed by atoms with E-state index >= 15 is 0 Å². The fourth-order valence-electron chi connectivity index (χ4n) is 2.39. The van der Waals surface area contributed by atoms with Crippen LogP contribution in [-0.2, 0) is 11.3 Å². The quantitative estimate of drug-likeness (QED) is 0.825. The highest BCUT2D eigenvalue weighted by atomic mass is 16.5. The first-order valence-electron chi connectivity index (χ1n) is 6.63. The number of carbonyl (C=O) groups is 1. The molecule has 0 amide bonds. The zero-order valence-electron chi connectivity index (χ0n) is 10.8. The van der Waals surface area contributed by atoms with Gasteiger partial charge >= 0.3 is 5.97 Å². The maximum absolute atomic E-state index is 11.9. The van der Waals surface area contributed by atoms with Gasteiger partial charge in [0.05, 0.1) is 6.33 Å². The first-order chi connectivity index (χ1) is 8.70. The Labute approximate surface area is 107 Å². The van der Waals surface area contributed by atoms with E-state index in [9.17, 15) is 4.79 Å². The van der Waals surface area contributed by atoms with E-state index in [1.807, 2.05) is 0 Å². The third-order valence-electron chi connectivity index (χ3n) is 3.52. The molecule has 0 bridgehead atoms. The van der Waals surface area contributed by atoms with Gasteiger partial charge in [0.15, 0.2) is 5.69 Å². The summed E-state index contributed by atoms with van der Waals surface area (Å²) in [6.07, 6.45) is 7.85. The molecule has 18 heavy (non-hydrogen) atoms. The minimum absolute atomic E-state index is 0.0471. The van der Waals surface area contributed by atoms with Crippen molar-refractivity contribution in [2.24, 2.45) is 11.7 Å². The Balaban J connectivity index is 1.93. The van der Waals surface area contributed by atoms with Crippen molar-refractivity contribution in [2.75, 3.05) is 6.54 Å². The van der Waals surface area contributed by atoms with Crippen molar-refractivity contribution in [1.29, 1.82) is 0 Å². The number of carbonyl (C=O) groups excluding carboxylic acids is 1. The normalized spacial score (nSPS) is 23.9. The van der Waals surface area contributed by atoms with E-state index in [4.69, 9.17) is 10.5 Å². The lowest BCUT2D eigenvalue weighted by atomic mass is 9.88. The lowest BCUT2D eigenvalue weighted by Gasteiger charge is -2.27. The molecule has 1 fully saturated rings. The van der Waals surface area contributed by atoms with E-state index in [0.29, 0.717) is 24.7 Å². The largest absolute Gasteiger partial charge is 0.457 e. The van der Waals surface area contributed by atoms with Crippen LogP contribution < -0.4 is 5.73 Å². The molecule has 0 spiro atoms. The third-order valence-corrected chi connectivity index (χ3v) is 3.52. The van der Waals surface area contributed by atoms with Gasteiger partial charge in [0.2, 0.25) is 0 Å². The van der Waals surface area contributed by atoms with Gasteiger partial charge in [-0.15, -0.1) is 0 Å². The van der Waals surface area contributed by atoms with Crippen LogP contribution in [0.2, 0.25) is 0 Å². The molecular formula is C13H21N3O2. The van der Waals surface area contributed by atoms with Crippen LogP contribution >= 0.6 is 0 Å². The second-order valence-corrected chi connectivity index (χ2v) is 4.99. The summed E-state index contributed by atoms with van der Waals surface area (Å²) in [7, 11) is 0. The highest BCUT2D eigenvalue weighted by molar-refractivity contribution is 5.87. The lowest BCUT2D eigenvalue weighted by Crippen LogP contribution is -2.28. The Morgan fingerprint density at radius 1 is 1.56 bits per heavy atom. The predicted octanol–water partition coefficient (Wildman–Crippen LogP) is 1.58. The maximum atomic E-state index is 11.9. The minimum atomic E-state index is -0.315. The van der Waals surface area contributed by atoms with Gasteiger partial charge < -0.3 is 15.0 Å². The number of hydrogen-bond donors (Lipinski definition) is 1. The fourth-order valence-corrected chi connectivity index (χ4v) is 2.39. The molecule has 100 valence electrons. The molecule has 1 aromatic rings. The second-order valence-electron chi connectivity index (χ2n) is 4.99.